The summed E-state index contributed by atoms with van der Waals surface area (Å²) in [4.78, 5) is 30.2. The minimum absolute atomic E-state index is 0.0885. The van der Waals surface area contributed by atoms with Crippen LogP contribution in [0.5, 0.6) is 5.88 Å². The average Bonchev–Trinajstić information content (AvgIpc) is 3.28. The van der Waals surface area contributed by atoms with Gasteiger partial charge in [0.15, 0.2) is 5.82 Å². The van der Waals surface area contributed by atoms with Crippen molar-refractivity contribution < 1.29 is 9.53 Å². The summed E-state index contributed by atoms with van der Waals surface area (Å²) in [6, 6.07) is 16.9. The Kier molecular flexibility index (Phi) is 5.65. The first-order valence-corrected chi connectivity index (χ1v) is 10.6. The number of carbonyl (C=O) groups excluding carboxylic acids is 1. The van der Waals surface area contributed by atoms with E-state index in [1.807, 2.05) is 49.4 Å². The Bertz CT molecular complexity index is 1480. The number of fused-ring (bicyclic) bond motifs is 1. The molecule has 5 rings (SSSR count). The molecular weight excluding hydrogens is 430 g/mol. The molecule has 168 valence electrons. The summed E-state index contributed by atoms with van der Waals surface area (Å²) in [5.74, 6) is 0.942. The lowest BCUT2D eigenvalue weighted by Crippen LogP contribution is -2.15. The van der Waals surface area contributed by atoms with Crippen molar-refractivity contribution in [2.24, 2.45) is 0 Å². The second kappa shape index (κ2) is 9.07. The molecular formula is C25H21N7O2. The number of nitrogens with zero attached hydrogens (tertiary/aromatic N) is 6. The van der Waals surface area contributed by atoms with Crippen LogP contribution in [0, 0.1) is 6.92 Å². The number of carbonyl (C=O) groups is 1. The smallest absolute Gasteiger partial charge is 0.230 e. The van der Waals surface area contributed by atoms with Crippen molar-refractivity contribution in [2.45, 2.75) is 13.3 Å². The predicted molar refractivity (Wildman–Crippen MR) is 128 cm³/mol. The number of aromatic nitrogens is 6. The topological polar surface area (TPSA) is 108 Å². The lowest BCUT2D eigenvalue weighted by Gasteiger charge is -2.08. The third-order valence-corrected chi connectivity index (χ3v) is 5.19. The molecule has 0 unspecified atom stereocenters. The van der Waals surface area contributed by atoms with Gasteiger partial charge in [0.2, 0.25) is 11.8 Å². The van der Waals surface area contributed by atoms with Gasteiger partial charge in [-0.1, -0.05) is 12.1 Å². The van der Waals surface area contributed by atoms with E-state index in [1.165, 1.54) is 0 Å². The van der Waals surface area contributed by atoms with Crippen molar-refractivity contribution >= 4 is 22.6 Å². The second-order valence-electron chi connectivity index (χ2n) is 7.64. The third kappa shape index (κ3) is 4.44. The Hall–Kier alpha value is -4.66. The van der Waals surface area contributed by atoms with Gasteiger partial charge < -0.3 is 10.1 Å². The first-order valence-electron chi connectivity index (χ1n) is 10.6. The van der Waals surface area contributed by atoms with Gasteiger partial charge in [-0.2, -0.15) is 5.10 Å². The fourth-order valence-electron chi connectivity index (χ4n) is 3.61. The molecule has 0 bridgehead atoms. The largest absolute Gasteiger partial charge is 0.481 e. The van der Waals surface area contributed by atoms with Gasteiger partial charge in [0.05, 0.1) is 47.8 Å². The normalized spacial score (nSPS) is 10.9. The summed E-state index contributed by atoms with van der Waals surface area (Å²) in [5, 5.41) is 7.55. The summed E-state index contributed by atoms with van der Waals surface area (Å²) >= 11 is 0. The molecule has 4 heterocycles. The van der Waals surface area contributed by atoms with Crippen molar-refractivity contribution in [2.75, 3.05) is 12.4 Å². The molecule has 0 fully saturated rings. The minimum Gasteiger partial charge on any atom is -0.481 e. The van der Waals surface area contributed by atoms with Crippen molar-refractivity contribution in [1.29, 1.82) is 0 Å². The second-order valence-corrected chi connectivity index (χ2v) is 7.64. The van der Waals surface area contributed by atoms with E-state index in [1.54, 1.807) is 42.5 Å². The summed E-state index contributed by atoms with van der Waals surface area (Å²) in [6.45, 7) is 1.93. The van der Waals surface area contributed by atoms with Gasteiger partial charge >= 0.3 is 0 Å². The number of aryl methyl sites for hydroxylation is 1. The zero-order chi connectivity index (χ0) is 23.5. The fourth-order valence-corrected chi connectivity index (χ4v) is 3.61. The van der Waals surface area contributed by atoms with Crippen LogP contribution in [0.2, 0.25) is 0 Å². The number of anilines is 1. The molecule has 4 aromatic heterocycles. The van der Waals surface area contributed by atoms with Gasteiger partial charge in [0.25, 0.3) is 0 Å². The number of rotatable bonds is 6. The maximum atomic E-state index is 12.7. The molecule has 0 saturated carbocycles. The van der Waals surface area contributed by atoms with Gasteiger partial charge in [-0.15, -0.1) is 0 Å². The molecule has 0 radical (unpaired) electrons. The summed E-state index contributed by atoms with van der Waals surface area (Å²) in [6.07, 6.45) is 4.96. The third-order valence-electron chi connectivity index (χ3n) is 5.19. The first-order chi connectivity index (χ1) is 16.6. The van der Waals surface area contributed by atoms with Crippen molar-refractivity contribution in [1.82, 2.24) is 29.7 Å². The van der Waals surface area contributed by atoms with Crippen molar-refractivity contribution in [3.8, 4) is 23.0 Å². The molecule has 1 amide bonds. The zero-order valence-electron chi connectivity index (χ0n) is 18.6. The number of amides is 1. The molecule has 0 aliphatic carbocycles. The van der Waals surface area contributed by atoms with Gasteiger partial charge in [-0.25, -0.2) is 14.6 Å². The Balaban J connectivity index is 1.48. The van der Waals surface area contributed by atoms with Crippen molar-refractivity contribution in [3.05, 3.63) is 84.6 Å². The van der Waals surface area contributed by atoms with Crippen LogP contribution in [0.25, 0.3) is 28.1 Å². The van der Waals surface area contributed by atoms with Crippen LogP contribution < -0.4 is 10.1 Å². The van der Waals surface area contributed by atoms with E-state index in [2.05, 4.69) is 25.3 Å². The maximum Gasteiger partial charge on any atom is 0.230 e. The Morgan fingerprint density at radius 3 is 2.62 bits per heavy atom. The van der Waals surface area contributed by atoms with Gasteiger partial charge in [0.1, 0.15) is 0 Å². The monoisotopic (exact) mass is 451 g/mol. The standard InChI is InChI=1S/C25H21N7O2/c1-16-4-3-5-23(29-16)32-22(17-6-8-20-21(12-17)27-11-10-26-20)13-19(31-32)14-24(33)30-18-7-9-25(34-2)28-15-18/h3-13,15H,14H2,1-2H3,(H,30,33). The van der Waals surface area contributed by atoms with Crippen LogP contribution in [-0.2, 0) is 11.2 Å². The molecule has 9 nitrogen and oxygen atoms in total. The summed E-state index contributed by atoms with van der Waals surface area (Å²) < 4.78 is 6.81. The lowest BCUT2D eigenvalue weighted by atomic mass is 10.1. The van der Waals surface area contributed by atoms with E-state index in [4.69, 9.17) is 9.84 Å². The number of hydrogen-bond donors (Lipinski definition) is 1. The Morgan fingerprint density at radius 2 is 1.85 bits per heavy atom. The number of hydrogen-bond acceptors (Lipinski definition) is 7. The number of benzene rings is 1. The lowest BCUT2D eigenvalue weighted by molar-refractivity contribution is -0.115. The van der Waals surface area contributed by atoms with E-state index >= 15 is 0 Å². The Labute approximate surface area is 195 Å². The number of methoxy groups -OCH3 is 1. The zero-order valence-corrected chi connectivity index (χ0v) is 18.6. The number of nitrogens with one attached hydrogen (secondary N) is 1. The highest BCUT2D eigenvalue weighted by Gasteiger charge is 2.16. The summed E-state index contributed by atoms with van der Waals surface area (Å²) in [5.41, 5.74) is 5.34. The quantitative estimate of drug-likeness (QED) is 0.419. The number of ether oxygens (including phenoxy) is 1. The first kappa shape index (κ1) is 21.2. The van der Waals surface area contributed by atoms with Gasteiger partial charge in [0, 0.05) is 29.7 Å². The van der Waals surface area contributed by atoms with Crippen LogP contribution in [0.3, 0.4) is 0 Å². The van der Waals surface area contributed by atoms with E-state index in [0.29, 0.717) is 23.1 Å². The van der Waals surface area contributed by atoms with Crippen LogP contribution in [0.1, 0.15) is 11.4 Å². The van der Waals surface area contributed by atoms with Crippen LogP contribution in [0.4, 0.5) is 5.69 Å². The molecule has 0 aliphatic heterocycles. The molecule has 1 N–H and O–H groups in total. The predicted octanol–water partition coefficient (Wildman–Crippen LogP) is 3.77. The molecule has 1 aromatic carbocycles. The molecule has 0 atom stereocenters. The fraction of sp³-hybridized carbons (Fsp3) is 0.120. The molecule has 34 heavy (non-hydrogen) atoms. The average molecular weight is 451 g/mol. The van der Waals surface area contributed by atoms with E-state index in [-0.39, 0.29) is 12.3 Å². The van der Waals surface area contributed by atoms with E-state index in [0.717, 1.165) is 28.0 Å². The highest BCUT2D eigenvalue weighted by atomic mass is 16.5. The van der Waals surface area contributed by atoms with E-state index < -0.39 is 0 Å². The molecule has 0 saturated heterocycles. The molecule has 9 heteroatoms. The van der Waals surface area contributed by atoms with Crippen LogP contribution >= 0.6 is 0 Å². The maximum absolute atomic E-state index is 12.7. The minimum atomic E-state index is -0.204. The van der Waals surface area contributed by atoms with Crippen molar-refractivity contribution in [3.63, 3.8) is 0 Å². The molecule has 0 spiro atoms. The Morgan fingerprint density at radius 1 is 1.00 bits per heavy atom. The van der Waals surface area contributed by atoms with Gasteiger partial charge in [-0.3, -0.25) is 14.8 Å². The van der Waals surface area contributed by atoms with Gasteiger partial charge in [-0.05, 0) is 43.3 Å². The van der Waals surface area contributed by atoms with Crippen LogP contribution in [0.15, 0.2) is 73.2 Å². The summed E-state index contributed by atoms with van der Waals surface area (Å²) in [7, 11) is 1.54. The number of pyridine rings is 2. The molecule has 0 aliphatic rings. The highest BCUT2D eigenvalue weighted by molar-refractivity contribution is 5.92. The highest BCUT2D eigenvalue weighted by Crippen LogP contribution is 2.26. The van der Waals surface area contributed by atoms with Crippen LogP contribution in [-0.4, -0.2) is 42.7 Å². The van der Waals surface area contributed by atoms with E-state index in [9.17, 15) is 4.79 Å². The molecule has 5 aromatic rings. The SMILES string of the molecule is COc1ccc(NC(=O)Cc2cc(-c3ccc4nccnc4c3)n(-c3cccc(C)n3)n2)cn1.